The highest BCUT2D eigenvalue weighted by atomic mass is 16.3. The van der Waals surface area contributed by atoms with Crippen molar-refractivity contribution in [1.82, 2.24) is 9.55 Å². The number of imidazole rings is 1. The summed E-state index contributed by atoms with van der Waals surface area (Å²) in [5.74, 6) is 0. The molecule has 4 nitrogen and oxygen atoms in total. The van der Waals surface area contributed by atoms with Gasteiger partial charge in [-0.05, 0) is 0 Å². The molecule has 1 rings (SSSR count). The Hall–Kier alpha value is -0.870. The number of aliphatic hydroxyl groups is 2. The van der Waals surface area contributed by atoms with Gasteiger partial charge in [-0.25, -0.2) is 4.98 Å². The normalized spacial score (nSPS) is 10.4. The Labute approximate surface area is 65.1 Å². The zero-order chi connectivity index (χ0) is 8.10. The summed E-state index contributed by atoms with van der Waals surface area (Å²) in [5.41, 5.74) is 0.960. The lowest BCUT2D eigenvalue weighted by Gasteiger charge is -2.03. The van der Waals surface area contributed by atoms with Crippen molar-refractivity contribution in [1.29, 1.82) is 0 Å². The topological polar surface area (TPSA) is 58.3 Å². The zero-order valence-electron chi connectivity index (χ0n) is 6.27. The minimum Gasteiger partial charge on any atom is -0.396 e. The highest BCUT2D eigenvalue weighted by Gasteiger charge is 1.98. The van der Waals surface area contributed by atoms with E-state index in [1.54, 1.807) is 12.5 Å². The fourth-order valence-electron chi connectivity index (χ4n) is 0.980. The van der Waals surface area contributed by atoms with E-state index in [1.165, 1.54) is 0 Å². The van der Waals surface area contributed by atoms with Gasteiger partial charge >= 0.3 is 0 Å². The first-order chi connectivity index (χ1) is 5.38. The second-order valence-electron chi connectivity index (χ2n) is 2.28. The highest BCUT2D eigenvalue weighted by molar-refractivity contribution is 4.98. The molecule has 0 amide bonds. The van der Waals surface area contributed by atoms with Crippen molar-refractivity contribution >= 4 is 0 Å². The Bertz CT molecular complexity index is 189. The maximum absolute atomic E-state index is 8.63. The average Bonchev–Trinajstić information content (AvgIpc) is 2.39. The van der Waals surface area contributed by atoms with E-state index in [-0.39, 0.29) is 13.2 Å². The fourth-order valence-corrected chi connectivity index (χ4v) is 0.980. The Kier molecular flexibility index (Phi) is 3.07. The summed E-state index contributed by atoms with van der Waals surface area (Å²) in [6, 6.07) is 0. The first-order valence-electron chi connectivity index (χ1n) is 3.59. The summed E-state index contributed by atoms with van der Waals surface area (Å²) in [4.78, 5) is 3.90. The molecule has 1 aromatic heterocycles. The van der Waals surface area contributed by atoms with Gasteiger partial charge in [-0.2, -0.15) is 0 Å². The summed E-state index contributed by atoms with van der Waals surface area (Å²) in [7, 11) is 0. The van der Waals surface area contributed by atoms with Crippen LogP contribution in [0.5, 0.6) is 0 Å². The van der Waals surface area contributed by atoms with Crippen LogP contribution in [-0.4, -0.2) is 33.0 Å². The molecule has 0 saturated carbocycles. The summed E-state index contributed by atoms with van der Waals surface area (Å²) in [5, 5.41) is 17.2. The van der Waals surface area contributed by atoms with Gasteiger partial charge in [-0.1, -0.05) is 0 Å². The van der Waals surface area contributed by atoms with Crippen molar-refractivity contribution in [3.63, 3.8) is 0 Å². The van der Waals surface area contributed by atoms with Crippen LogP contribution >= 0.6 is 0 Å². The molecule has 1 heterocycles. The summed E-state index contributed by atoms with van der Waals surface area (Å²) >= 11 is 0. The van der Waals surface area contributed by atoms with Crippen molar-refractivity contribution in [2.75, 3.05) is 13.2 Å². The Balaban J connectivity index is 2.62. The smallest absolute Gasteiger partial charge is 0.0948 e. The molecule has 0 radical (unpaired) electrons. The van der Waals surface area contributed by atoms with Gasteiger partial charge in [0.1, 0.15) is 0 Å². The van der Waals surface area contributed by atoms with Crippen molar-refractivity contribution in [3.05, 3.63) is 18.2 Å². The molecule has 0 saturated heterocycles. The van der Waals surface area contributed by atoms with Gasteiger partial charge in [0.2, 0.25) is 0 Å². The SMILES string of the molecule is OCCc1cncn1CCO. The van der Waals surface area contributed by atoms with Gasteiger partial charge < -0.3 is 14.8 Å². The molecule has 1 aromatic rings. The predicted molar refractivity (Wildman–Crippen MR) is 40.1 cm³/mol. The number of hydrogen-bond acceptors (Lipinski definition) is 3. The Morgan fingerprint density at radius 3 is 2.82 bits per heavy atom. The molecule has 0 unspecified atom stereocenters. The van der Waals surface area contributed by atoms with Crippen LogP contribution in [0.25, 0.3) is 0 Å². The van der Waals surface area contributed by atoms with Crippen LogP contribution in [0, 0.1) is 0 Å². The third-order valence-electron chi connectivity index (χ3n) is 1.51. The second kappa shape index (κ2) is 4.10. The van der Waals surface area contributed by atoms with Crippen molar-refractivity contribution in [2.45, 2.75) is 13.0 Å². The van der Waals surface area contributed by atoms with E-state index in [0.717, 1.165) is 5.69 Å². The van der Waals surface area contributed by atoms with Crippen LogP contribution < -0.4 is 0 Å². The van der Waals surface area contributed by atoms with E-state index in [4.69, 9.17) is 10.2 Å². The fraction of sp³-hybridized carbons (Fsp3) is 0.571. The van der Waals surface area contributed by atoms with Gasteiger partial charge in [0.05, 0.1) is 12.9 Å². The number of nitrogens with zero attached hydrogens (tertiary/aromatic N) is 2. The van der Waals surface area contributed by atoms with Crippen LogP contribution in [0.4, 0.5) is 0 Å². The first-order valence-corrected chi connectivity index (χ1v) is 3.59. The standard InChI is InChI=1S/C7H12N2O2/c10-3-1-7-5-8-6-9(7)2-4-11/h5-6,10-11H,1-4H2. The molecule has 2 N–H and O–H groups in total. The molecule has 0 aromatic carbocycles. The third-order valence-corrected chi connectivity index (χ3v) is 1.51. The van der Waals surface area contributed by atoms with Gasteiger partial charge in [0, 0.05) is 31.5 Å². The largest absolute Gasteiger partial charge is 0.396 e. The quantitative estimate of drug-likeness (QED) is 0.612. The Morgan fingerprint density at radius 2 is 2.18 bits per heavy atom. The van der Waals surface area contributed by atoms with Crippen LogP contribution in [0.2, 0.25) is 0 Å². The molecule has 0 aliphatic heterocycles. The maximum atomic E-state index is 8.63. The molecule has 0 fully saturated rings. The molecule has 11 heavy (non-hydrogen) atoms. The molecule has 0 spiro atoms. The molecule has 0 aliphatic rings. The Morgan fingerprint density at radius 1 is 1.36 bits per heavy atom. The van der Waals surface area contributed by atoms with E-state index in [2.05, 4.69) is 4.98 Å². The molecule has 4 heteroatoms. The summed E-state index contributed by atoms with van der Waals surface area (Å²) < 4.78 is 1.83. The van der Waals surface area contributed by atoms with E-state index in [0.29, 0.717) is 13.0 Å². The molecule has 0 atom stereocenters. The molecule has 0 bridgehead atoms. The number of rotatable bonds is 4. The van der Waals surface area contributed by atoms with Gasteiger partial charge in [0.25, 0.3) is 0 Å². The molecule has 62 valence electrons. The number of aromatic nitrogens is 2. The van der Waals surface area contributed by atoms with E-state index in [9.17, 15) is 0 Å². The van der Waals surface area contributed by atoms with Crippen molar-refractivity contribution < 1.29 is 10.2 Å². The molecular weight excluding hydrogens is 144 g/mol. The minimum absolute atomic E-state index is 0.106. The molecule has 0 aliphatic carbocycles. The van der Waals surface area contributed by atoms with E-state index >= 15 is 0 Å². The monoisotopic (exact) mass is 156 g/mol. The number of hydrogen-bond donors (Lipinski definition) is 2. The third kappa shape index (κ3) is 2.03. The van der Waals surface area contributed by atoms with Crippen LogP contribution in [0.3, 0.4) is 0 Å². The zero-order valence-corrected chi connectivity index (χ0v) is 6.27. The minimum atomic E-state index is 0.106. The predicted octanol–water partition coefficient (Wildman–Crippen LogP) is -0.590. The average molecular weight is 156 g/mol. The van der Waals surface area contributed by atoms with Gasteiger partial charge in [-0.3, -0.25) is 0 Å². The summed E-state index contributed by atoms with van der Waals surface area (Å²) in [6.07, 6.45) is 3.95. The van der Waals surface area contributed by atoms with Crippen molar-refractivity contribution in [3.8, 4) is 0 Å². The van der Waals surface area contributed by atoms with Gasteiger partial charge in [-0.15, -0.1) is 0 Å². The van der Waals surface area contributed by atoms with E-state index < -0.39 is 0 Å². The second-order valence-corrected chi connectivity index (χ2v) is 2.28. The molecular formula is C7H12N2O2. The highest BCUT2D eigenvalue weighted by Crippen LogP contribution is 1.98. The van der Waals surface area contributed by atoms with Gasteiger partial charge in [0.15, 0.2) is 0 Å². The lowest BCUT2D eigenvalue weighted by molar-refractivity contribution is 0.269. The maximum Gasteiger partial charge on any atom is 0.0948 e. The van der Waals surface area contributed by atoms with Crippen LogP contribution in [0.15, 0.2) is 12.5 Å². The summed E-state index contributed by atoms with van der Waals surface area (Å²) in [6.45, 7) is 0.779. The van der Waals surface area contributed by atoms with Crippen LogP contribution in [0.1, 0.15) is 5.69 Å². The van der Waals surface area contributed by atoms with Crippen LogP contribution in [-0.2, 0) is 13.0 Å². The van der Waals surface area contributed by atoms with Crippen molar-refractivity contribution in [2.24, 2.45) is 0 Å². The lowest BCUT2D eigenvalue weighted by atomic mass is 10.3. The first kappa shape index (κ1) is 8.23. The van der Waals surface area contributed by atoms with E-state index in [1.807, 2.05) is 4.57 Å². The lowest BCUT2D eigenvalue weighted by Crippen LogP contribution is -2.06. The number of aliphatic hydroxyl groups excluding tert-OH is 2.